The highest BCUT2D eigenvalue weighted by molar-refractivity contribution is 6.22. The average molecular weight is 768 g/mol. The zero-order valence-electron chi connectivity index (χ0n) is 33.2. The maximum atomic E-state index is 5.06. The van der Waals surface area contributed by atoms with Gasteiger partial charge in [-0.15, -0.1) is 0 Å². The molecule has 0 saturated carbocycles. The lowest BCUT2D eigenvalue weighted by Gasteiger charge is -2.35. The molecule has 284 valence electrons. The molecule has 0 spiro atoms. The Bertz CT molecular complexity index is 3340. The van der Waals surface area contributed by atoms with Crippen LogP contribution < -0.4 is 4.90 Å². The van der Waals surface area contributed by atoms with Crippen molar-refractivity contribution in [2.24, 2.45) is 5.92 Å². The summed E-state index contributed by atoms with van der Waals surface area (Å²) in [6.45, 7) is 0. The monoisotopic (exact) mass is 767 g/mol. The van der Waals surface area contributed by atoms with Crippen molar-refractivity contribution in [3.05, 3.63) is 223 Å². The van der Waals surface area contributed by atoms with Crippen molar-refractivity contribution in [2.45, 2.75) is 19.3 Å². The molecule has 0 amide bonds. The molecule has 0 radical (unpaired) electrons. The molecule has 3 heteroatoms. The van der Waals surface area contributed by atoms with E-state index in [1.54, 1.807) is 0 Å². The lowest BCUT2D eigenvalue weighted by Crippen LogP contribution is -2.26. The van der Waals surface area contributed by atoms with Gasteiger partial charge in [-0.05, 0) is 123 Å². The minimum Gasteiger partial charge on any atom is -0.313 e. The number of hydrogen-bond donors (Lipinski definition) is 0. The van der Waals surface area contributed by atoms with Gasteiger partial charge >= 0.3 is 0 Å². The molecule has 0 bridgehead atoms. The van der Waals surface area contributed by atoms with Gasteiger partial charge in [0.05, 0.1) is 11.2 Å². The number of benzene rings is 7. The van der Waals surface area contributed by atoms with Gasteiger partial charge in [-0.1, -0.05) is 152 Å². The van der Waals surface area contributed by atoms with Crippen molar-refractivity contribution in [1.29, 1.82) is 0 Å². The molecule has 3 aliphatic rings. The van der Waals surface area contributed by atoms with E-state index in [0.29, 0.717) is 5.92 Å². The minimum atomic E-state index is 0.383. The fraction of sp³-hybridized carbons (Fsp3) is 0.0702. The number of aromatic nitrogens is 2. The minimum absolute atomic E-state index is 0.383. The van der Waals surface area contributed by atoms with E-state index < -0.39 is 0 Å². The van der Waals surface area contributed by atoms with Crippen molar-refractivity contribution < 1.29 is 0 Å². The molecule has 0 fully saturated rings. The Kier molecular flexibility index (Phi) is 8.12. The van der Waals surface area contributed by atoms with E-state index in [0.717, 1.165) is 24.9 Å². The summed E-state index contributed by atoms with van der Waals surface area (Å²) in [6, 6.07) is 55.5. The first-order valence-corrected chi connectivity index (χ1v) is 21.1. The van der Waals surface area contributed by atoms with Gasteiger partial charge in [0.15, 0.2) is 0 Å². The molecule has 3 aliphatic carbocycles. The third-order valence-corrected chi connectivity index (χ3v) is 12.8. The first-order chi connectivity index (χ1) is 29.8. The van der Waals surface area contributed by atoms with Gasteiger partial charge in [-0.2, -0.15) is 0 Å². The van der Waals surface area contributed by atoms with Crippen LogP contribution in [-0.4, -0.2) is 9.55 Å². The van der Waals surface area contributed by atoms with Gasteiger partial charge in [-0.25, -0.2) is 4.98 Å². The van der Waals surface area contributed by atoms with Crippen LogP contribution in [0.2, 0.25) is 0 Å². The second kappa shape index (κ2) is 14.1. The van der Waals surface area contributed by atoms with Gasteiger partial charge < -0.3 is 4.90 Å². The summed E-state index contributed by atoms with van der Waals surface area (Å²) in [5, 5.41) is 9.93. The van der Waals surface area contributed by atoms with Gasteiger partial charge in [0.1, 0.15) is 5.65 Å². The van der Waals surface area contributed by atoms with Gasteiger partial charge in [-0.3, -0.25) is 4.57 Å². The third-order valence-electron chi connectivity index (χ3n) is 12.8. The third kappa shape index (κ3) is 5.47. The number of rotatable bonds is 6. The largest absolute Gasteiger partial charge is 0.313 e. The molecule has 1 unspecified atom stereocenters. The molecule has 12 rings (SSSR count). The van der Waals surface area contributed by atoms with Crippen LogP contribution in [0, 0.1) is 5.92 Å². The number of fused-ring (bicyclic) bond motifs is 7. The van der Waals surface area contributed by atoms with E-state index >= 15 is 0 Å². The number of anilines is 1. The summed E-state index contributed by atoms with van der Waals surface area (Å²) in [5.41, 5.74) is 13.6. The van der Waals surface area contributed by atoms with Crippen molar-refractivity contribution in [3.63, 3.8) is 0 Å². The summed E-state index contributed by atoms with van der Waals surface area (Å²) in [7, 11) is 0. The molecule has 0 saturated heterocycles. The molecule has 1 atom stereocenters. The van der Waals surface area contributed by atoms with E-state index in [1.807, 2.05) is 6.20 Å². The normalized spacial score (nSPS) is 16.2. The van der Waals surface area contributed by atoms with Gasteiger partial charge in [0.25, 0.3) is 0 Å². The van der Waals surface area contributed by atoms with Crippen LogP contribution in [0.25, 0.3) is 82.2 Å². The molecule has 2 heterocycles. The quantitative estimate of drug-likeness (QED) is 0.157. The van der Waals surface area contributed by atoms with E-state index in [4.69, 9.17) is 4.98 Å². The van der Waals surface area contributed by atoms with E-state index in [9.17, 15) is 0 Å². The Balaban J connectivity index is 1.02. The van der Waals surface area contributed by atoms with Crippen LogP contribution in [0.4, 0.5) is 5.69 Å². The average Bonchev–Trinajstić information content (AvgIpc) is 3.65. The predicted octanol–water partition coefficient (Wildman–Crippen LogP) is 15.0. The van der Waals surface area contributed by atoms with Gasteiger partial charge in [0.2, 0.25) is 0 Å². The Morgan fingerprint density at radius 1 is 0.550 bits per heavy atom. The van der Waals surface area contributed by atoms with Crippen molar-refractivity contribution in [3.8, 4) is 22.3 Å². The Labute approximate surface area is 349 Å². The van der Waals surface area contributed by atoms with Crippen LogP contribution in [0.1, 0.15) is 19.3 Å². The first kappa shape index (κ1) is 34.5. The zero-order chi connectivity index (χ0) is 39.6. The molecular formula is C57H41N3. The maximum Gasteiger partial charge on any atom is 0.145 e. The summed E-state index contributed by atoms with van der Waals surface area (Å²) < 4.78 is 2.41. The van der Waals surface area contributed by atoms with Crippen LogP contribution in [-0.2, 0) is 0 Å². The fourth-order valence-electron chi connectivity index (χ4n) is 10.2. The predicted molar refractivity (Wildman–Crippen MR) is 254 cm³/mol. The van der Waals surface area contributed by atoms with Crippen LogP contribution in [0.15, 0.2) is 223 Å². The Morgan fingerprint density at radius 2 is 1.25 bits per heavy atom. The highest BCUT2D eigenvalue weighted by Crippen LogP contribution is 2.46. The van der Waals surface area contributed by atoms with Crippen LogP contribution in [0.3, 0.4) is 0 Å². The number of hydrogen-bond acceptors (Lipinski definition) is 2. The summed E-state index contributed by atoms with van der Waals surface area (Å²) >= 11 is 0. The smallest absolute Gasteiger partial charge is 0.145 e. The van der Waals surface area contributed by atoms with Crippen molar-refractivity contribution in [2.75, 3.05) is 4.90 Å². The van der Waals surface area contributed by atoms with Crippen molar-refractivity contribution in [1.82, 2.24) is 9.55 Å². The molecule has 0 aliphatic heterocycles. The SMILES string of the molecule is C1=CC2=C(N(C3=CC=C(n4c5ccc(-c6c7ccccc7c(-c7ccccc7)c7ccccc67)cc5c5cccnc54)CC3)c3cccc4ccccc34)C=CCC2C=C1. The molecule has 0 N–H and O–H groups in total. The van der Waals surface area contributed by atoms with Crippen LogP contribution >= 0.6 is 0 Å². The zero-order valence-corrected chi connectivity index (χ0v) is 33.2. The number of allylic oxidation sites excluding steroid dienone is 11. The molecule has 3 nitrogen and oxygen atoms in total. The Hall–Kier alpha value is -7.49. The van der Waals surface area contributed by atoms with E-state index in [2.05, 4.69) is 210 Å². The second-order valence-corrected chi connectivity index (χ2v) is 16.1. The topological polar surface area (TPSA) is 21.1 Å². The lowest BCUT2D eigenvalue weighted by atomic mass is 9.85. The summed E-state index contributed by atoms with van der Waals surface area (Å²) in [5.74, 6) is 0.383. The maximum absolute atomic E-state index is 5.06. The molecule has 2 aromatic heterocycles. The Morgan fingerprint density at radius 3 is 2.02 bits per heavy atom. The second-order valence-electron chi connectivity index (χ2n) is 16.1. The standard InChI is InChI=1S/C57H41N3/c1-2-17-40(18-3-1)55-46-23-8-10-25-48(46)56(49-26-11-9-24-47(49)55)41-30-35-54-51(37-41)50-27-14-36-58-57(50)60(54)43-33-31-42(32-34-43)59(52-28-12-19-38-15-4-6-21-44(38)52)53-29-13-20-39-16-5-7-22-45(39)53/h1-19,21-31,33,35-37,39H,20,32,34H2. The van der Waals surface area contributed by atoms with E-state index in [1.165, 1.54) is 99.2 Å². The van der Waals surface area contributed by atoms with Crippen molar-refractivity contribution >= 4 is 65.6 Å². The fourth-order valence-corrected chi connectivity index (χ4v) is 10.2. The van der Waals surface area contributed by atoms with E-state index in [-0.39, 0.29) is 0 Å². The lowest BCUT2D eigenvalue weighted by molar-refractivity contribution is 0.755. The number of pyridine rings is 1. The molecule has 7 aromatic carbocycles. The number of nitrogens with zero attached hydrogens (tertiary/aromatic N) is 3. The molecule has 60 heavy (non-hydrogen) atoms. The summed E-state index contributed by atoms with van der Waals surface area (Å²) in [6.07, 6.45) is 23.1. The highest BCUT2D eigenvalue weighted by Gasteiger charge is 2.27. The van der Waals surface area contributed by atoms with Gasteiger partial charge in [0, 0.05) is 45.4 Å². The highest BCUT2D eigenvalue weighted by atomic mass is 15.2. The molecule has 9 aromatic rings. The first-order valence-electron chi connectivity index (χ1n) is 21.1. The molecular weight excluding hydrogens is 727 g/mol. The van der Waals surface area contributed by atoms with Crippen LogP contribution in [0.5, 0.6) is 0 Å². The summed E-state index contributed by atoms with van der Waals surface area (Å²) in [4.78, 5) is 7.59.